The summed E-state index contributed by atoms with van der Waals surface area (Å²) in [4.78, 5) is 23.1. The zero-order chi connectivity index (χ0) is 14.0. The number of fused-ring (bicyclic) bond motifs is 1. The number of ether oxygens (including phenoxy) is 2. The minimum Gasteiger partial charge on any atom is -0.497 e. The van der Waals surface area contributed by atoms with Crippen LogP contribution >= 0.6 is 0 Å². The molecule has 19 heavy (non-hydrogen) atoms. The van der Waals surface area contributed by atoms with Gasteiger partial charge in [-0.25, -0.2) is 4.79 Å². The fraction of sp³-hybridized carbons (Fsp3) is 0.286. The number of benzene rings is 1. The van der Waals surface area contributed by atoms with Crippen molar-refractivity contribution in [1.82, 2.24) is 0 Å². The van der Waals surface area contributed by atoms with E-state index in [4.69, 9.17) is 13.9 Å². The van der Waals surface area contributed by atoms with Gasteiger partial charge in [0, 0.05) is 6.07 Å². The van der Waals surface area contributed by atoms with Gasteiger partial charge in [-0.1, -0.05) is 0 Å². The number of ketones is 1. The quantitative estimate of drug-likeness (QED) is 0.842. The lowest BCUT2D eigenvalue weighted by Crippen LogP contribution is -2.06. The van der Waals surface area contributed by atoms with Crippen molar-refractivity contribution < 1.29 is 18.7 Å². The molecular formula is C14H14O5. The summed E-state index contributed by atoms with van der Waals surface area (Å²) in [5, 5.41) is 0.972. The molecule has 0 aliphatic heterocycles. The van der Waals surface area contributed by atoms with Gasteiger partial charge >= 0.3 is 5.63 Å². The summed E-state index contributed by atoms with van der Waals surface area (Å²) < 4.78 is 15.4. The van der Waals surface area contributed by atoms with Crippen LogP contribution in [-0.4, -0.2) is 20.0 Å². The Balaban J connectivity index is 2.72. The molecule has 0 bridgehead atoms. The molecule has 0 saturated heterocycles. The zero-order valence-electron chi connectivity index (χ0n) is 11.0. The Kier molecular flexibility index (Phi) is 3.55. The van der Waals surface area contributed by atoms with Gasteiger partial charge in [-0.15, -0.1) is 0 Å². The fourth-order valence-corrected chi connectivity index (χ4v) is 1.93. The molecule has 0 radical (unpaired) electrons. The molecule has 100 valence electrons. The van der Waals surface area contributed by atoms with E-state index in [0.717, 1.165) is 0 Å². The highest BCUT2D eigenvalue weighted by molar-refractivity contribution is 5.89. The van der Waals surface area contributed by atoms with Gasteiger partial charge in [-0.3, -0.25) is 4.79 Å². The second-order valence-corrected chi connectivity index (χ2v) is 4.17. The van der Waals surface area contributed by atoms with Crippen LogP contribution in [-0.2, 0) is 11.2 Å². The van der Waals surface area contributed by atoms with Crippen LogP contribution in [0.15, 0.2) is 27.4 Å². The summed E-state index contributed by atoms with van der Waals surface area (Å²) in [6.45, 7) is 1.44. The average molecular weight is 262 g/mol. The summed E-state index contributed by atoms with van der Waals surface area (Å²) in [6.07, 6.45) is 0.0880. The van der Waals surface area contributed by atoms with E-state index in [0.29, 0.717) is 28.0 Å². The second kappa shape index (κ2) is 5.14. The van der Waals surface area contributed by atoms with Gasteiger partial charge in [-0.2, -0.15) is 0 Å². The lowest BCUT2D eigenvalue weighted by molar-refractivity contribution is -0.116. The summed E-state index contributed by atoms with van der Waals surface area (Å²) in [6, 6.07) is 4.98. The average Bonchev–Trinajstić information content (AvgIpc) is 2.36. The van der Waals surface area contributed by atoms with Crippen LogP contribution in [0.5, 0.6) is 11.5 Å². The molecule has 1 aromatic heterocycles. The van der Waals surface area contributed by atoms with Crippen LogP contribution in [0.3, 0.4) is 0 Å². The monoisotopic (exact) mass is 262 g/mol. The Morgan fingerprint density at radius 3 is 2.53 bits per heavy atom. The topological polar surface area (TPSA) is 65.7 Å². The molecule has 2 aromatic rings. The lowest BCUT2D eigenvalue weighted by atomic mass is 10.1. The molecule has 5 heteroatoms. The van der Waals surface area contributed by atoms with Crippen LogP contribution in [0, 0.1) is 0 Å². The Morgan fingerprint density at radius 1 is 1.21 bits per heavy atom. The summed E-state index contributed by atoms with van der Waals surface area (Å²) in [5.74, 6) is 1.22. The van der Waals surface area contributed by atoms with Gasteiger partial charge in [-0.05, 0) is 24.4 Å². The van der Waals surface area contributed by atoms with Gasteiger partial charge in [0.25, 0.3) is 0 Å². The predicted molar refractivity (Wildman–Crippen MR) is 70.0 cm³/mol. The van der Waals surface area contributed by atoms with Crippen LogP contribution in [0.4, 0.5) is 0 Å². The Hall–Kier alpha value is -2.30. The van der Waals surface area contributed by atoms with Gasteiger partial charge in [0.05, 0.1) is 20.6 Å². The molecule has 0 spiro atoms. The van der Waals surface area contributed by atoms with Crippen molar-refractivity contribution in [2.24, 2.45) is 0 Å². The molecule has 0 aliphatic rings. The smallest absolute Gasteiger partial charge is 0.347 e. The molecular weight excluding hydrogens is 248 g/mol. The van der Waals surface area contributed by atoms with Gasteiger partial charge < -0.3 is 13.9 Å². The first-order valence-corrected chi connectivity index (χ1v) is 5.73. The standard InChI is InChI=1S/C14H14O5/c1-8(15)4-11-6-9-5-10(17-2)7-12(18-3)13(9)14(16)19-11/h5-7H,4H2,1-3H3. The van der Waals surface area contributed by atoms with E-state index in [1.807, 2.05) is 0 Å². The lowest BCUT2D eigenvalue weighted by Gasteiger charge is -2.08. The van der Waals surface area contributed by atoms with Crippen molar-refractivity contribution in [2.75, 3.05) is 14.2 Å². The Morgan fingerprint density at radius 2 is 1.95 bits per heavy atom. The molecule has 0 aliphatic carbocycles. The zero-order valence-corrected chi connectivity index (χ0v) is 11.0. The fourth-order valence-electron chi connectivity index (χ4n) is 1.93. The molecule has 2 rings (SSSR count). The molecule has 1 heterocycles. The third-order valence-corrected chi connectivity index (χ3v) is 2.73. The molecule has 0 unspecified atom stereocenters. The number of methoxy groups -OCH3 is 2. The number of hydrogen-bond donors (Lipinski definition) is 0. The van der Waals surface area contributed by atoms with Crippen molar-refractivity contribution in [2.45, 2.75) is 13.3 Å². The Bertz CT molecular complexity index is 684. The first-order valence-electron chi connectivity index (χ1n) is 5.73. The van der Waals surface area contributed by atoms with Gasteiger partial charge in [0.15, 0.2) is 0 Å². The number of rotatable bonds is 4. The van der Waals surface area contributed by atoms with E-state index in [-0.39, 0.29) is 12.2 Å². The third kappa shape index (κ3) is 2.59. The molecule has 5 nitrogen and oxygen atoms in total. The van der Waals surface area contributed by atoms with E-state index in [2.05, 4.69) is 0 Å². The highest BCUT2D eigenvalue weighted by Crippen LogP contribution is 2.29. The molecule has 0 amide bonds. The van der Waals surface area contributed by atoms with Gasteiger partial charge in [0.2, 0.25) is 0 Å². The molecule has 0 fully saturated rings. The van der Waals surface area contributed by atoms with Crippen molar-refractivity contribution in [3.05, 3.63) is 34.4 Å². The summed E-state index contributed by atoms with van der Waals surface area (Å²) >= 11 is 0. The van der Waals surface area contributed by atoms with Crippen molar-refractivity contribution in [1.29, 1.82) is 0 Å². The van der Waals surface area contributed by atoms with Crippen molar-refractivity contribution in [3.63, 3.8) is 0 Å². The minimum absolute atomic E-state index is 0.0719. The molecule has 0 N–H and O–H groups in total. The number of carbonyl (C=O) groups excluding carboxylic acids is 1. The first-order chi connectivity index (χ1) is 9.05. The highest BCUT2D eigenvalue weighted by Gasteiger charge is 2.13. The maximum absolute atomic E-state index is 12.0. The highest BCUT2D eigenvalue weighted by atomic mass is 16.5. The van der Waals surface area contributed by atoms with E-state index >= 15 is 0 Å². The molecule has 0 saturated carbocycles. The van der Waals surface area contributed by atoms with E-state index < -0.39 is 5.63 Å². The van der Waals surface area contributed by atoms with Crippen LogP contribution < -0.4 is 15.1 Å². The number of Topliss-reactive ketones (excluding diaryl/α,β-unsaturated/α-hetero) is 1. The third-order valence-electron chi connectivity index (χ3n) is 2.73. The Labute approximate surface area is 109 Å². The van der Waals surface area contributed by atoms with Crippen LogP contribution in [0.25, 0.3) is 10.8 Å². The molecule has 0 atom stereocenters. The normalized spacial score (nSPS) is 10.5. The summed E-state index contributed by atoms with van der Waals surface area (Å²) in [7, 11) is 3.00. The van der Waals surface area contributed by atoms with E-state index in [1.165, 1.54) is 21.1 Å². The summed E-state index contributed by atoms with van der Waals surface area (Å²) in [5.41, 5.74) is -0.520. The predicted octanol–water partition coefficient (Wildman–Crippen LogP) is 1.94. The van der Waals surface area contributed by atoms with Crippen molar-refractivity contribution in [3.8, 4) is 11.5 Å². The molecule has 1 aromatic carbocycles. The van der Waals surface area contributed by atoms with E-state index in [9.17, 15) is 9.59 Å². The minimum atomic E-state index is -0.520. The van der Waals surface area contributed by atoms with Crippen LogP contribution in [0.1, 0.15) is 12.7 Å². The van der Waals surface area contributed by atoms with Crippen LogP contribution in [0.2, 0.25) is 0 Å². The van der Waals surface area contributed by atoms with E-state index in [1.54, 1.807) is 18.2 Å². The largest absolute Gasteiger partial charge is 0.497 e. The maximum Gasteiger partial charge on any atom is 0.347 e. The second-order valence-electron chi connectivity index (χ2n) is 4.17. The van der Waals surface area contributed by atoms with Crippen molar-refractivity contribution >= 4 is 16.6 Å². The van der Waals surface area contributed by atoms with Gasteiger partial charge in [0.1, 0.15) is 28.4 Å². The first kappa shape index (κ1) is 13.1. The maximum atomic E-state index is 12.0. The number of hydrogen-bond acceptors (Lipinski definition) is 5. The number of carbonyl (C=O) groups is 1. The SMILES string of the molecule is COc1cc(OC)c2c(=O)oc(CC(C)=O)cc2c1.